The zero-order valence-corrected chi connectivity index (χ0v) is 11.6. The van der Waals surface area contributed by atoms with Crippen LogP contribution in [0.4, 0.5) is 5.82 Å². The number of ether oxygens (including phenoxy) is 1. The Morgan fingerprint density at radius 2 is 2.00 bits per heavy atom. The molecule has 0 aliphatic heterocycles. The summed E-state index contributed by atoms with van der Waals surface area (Å²) in [6, 6.07) is 10.7. The van der Waals surface area contributed by atoms with Gasteiger partial charge in [0.1, 0.15) is 17.4 Å². The van der Waals surface area contributed by atoms with Crippen LogP contribution in [0.1, 0.15) is 24.7 Å². The highest BCUT2D eigenvalue weighted by Gasteiger charge is 2.04. The number of benzene rings is 1. The van der Waals surface area contributed by atoms with Crippen molar-refractivity contribution >= 4 is 5.82 Å². The van der Waals surface area contributed by atoms with Gasteiger partial charge in [0.15, 0.2) is 0 Å². The smallest absolute Gasteiger partial charge is 0.224 e. The summed E-state index contributed by atoms with van der Waals surface area (Å²) in [5.41, 5.74) is 0.599. The molecule has 20 heavy (non-hydrogen) atoms. The SMILES string of the molecule is CCCNc1cc(Oc2ccc(C#N)cc2)nc(C)n1. The molecule has 1 aromatic heterocycles. The van der Waals surface area contributed by atoms with Crippen LogP contribution < -0.4 is 10.1 Å². The molecular weight excluding hydrogens is 252 g/mol. The number of anilines is 1. The van der Waals surface area contributed by atoms with Gasteiger partial charge >= 0.3 is 0 Å². The molecule has 0 radical (unpaired) electrons. The molecule has 0 amide bonds. The number of nitriles is 1. The van der Waals surface area contributed by atoms with Crippen molar-refractivity contribution in [3.8, 4) is 17.7 Å². The van der Waals surface area contributed by atoms with Crippen LogP contribution >= 0.6 is 0 Å². The lowest BCUT2D eigenvalue weighted by Gasteiger charge is -2.09. The number of aromatic nitrogens is 2. The Bertz CT molecular complexity index is 617. The molecule has 1 aromatic carbocycles. The molecule has 0 aliphatic carbocycles. The van der Waals surface area contributed by atoms with Crippen molar-refractivity contribution < 1.29 is 4.74 Å². The van der Waals surface area contributed by atoms with E-state index in [0.29, 0.717) is 23.0 Å². The number of nitrogens with zero attached hydrogens (tertiary/aromatic N) is 3. The van der Waals surface area contributed by atoms with Gasteiger partial charge in [0.05, 0.1) is 11.6 Å². The van der Waals surface area contributed by atoms with E-state index in [1.165, 1.54) is 0 Å². The van der Waals surface area contributed by atoms with E-state index in [1.54, 1.807) is 30.3 Å². The second-order valence-corrected chi connectivity index (χ2v) is 4.30. The van der Waals surface area contributed by atoms with Crippen LogP contribution in [0.5, 0.6) is 11.6 Å². The van der Waals surface area contributed by atoms with Crippen molar-refractivity contribution in [1.29, 1.82) is 5.26 Å². The second-order valence-electron chi connectivity index (χ2n) is 4.30. The van der Waals surface area contributed by atoms with Crippen molar-refractivity contribution in [3.63, 3.8) is 0 Å². The topological polar surface area (TPSA) is 70.8 Å². The maximum atomic E-state index is 8.75. The van der Waals surface area contributed by atoms with Crippen molar-refractivity contribution in [3.05, 3.63) is 41.7 Å². The van der Waals surface area contributed by atoms with E-state index < -0.39 is 0 Å². The van der Waals surface area contributed by atoms with Crippen molar-refractivity contribution in [1.82, 2.24) is 9.97 Å². The van der Waals surface area contributed by atoms with Crippen LogP contribution in [0.25, 0.3) is 0 Å². The Morgan fingerprint density at radius 1 is 1.25 bits per heavy atom. The van der Waals surface area contributed by atoms with Gasteiger partial charge < -0.3 is 10.1 Å². The molecule has 2 rings (SSSR count). The lowest BCUT2D eigenvalue weighted by atomic mass is 10.2. The van der Waals surface area contributed by atoms with Gasteiger partial charge in [-0.25, -0.2) is 4.98 Å². The standard InChI is InChI=1S/C15H16N4O/c1-3-8-17-14-9-15(19-11(2)18-14)20-13-6-4-12(10-16)5-7-13/h4-7,9H,3,8H2,1-2H3,(H,17,18,19). The first-order valence-corrected chi connectivity index (χ1v) is 6.49. The maximum Gasteiger partial charge on any atom is 0.224 e. The van der Waals surface area contributed by atoms with E-state index in [4.69, 9.17) is 10.00 Å². The molecule has 1 heterocycles. The predicted molar refractivity (Wildman–Crippen MR) is 76.8 cm³/mol. The van der Waals surface area contributed by atoms with Gasteiger partial charge in [0.2, 0.25) is 5.88 Å². The second kappa shape index (κ2) is 6.53. The zero-order chi connectivity index (χ0) is 14.4. The van der Waals surface area contributed by atoms with E-state index in [1.807, 2.05) is 6.92 Å². The Hall–Kier alpha value is -2.61. The molecule has 2 aromatic rings. The molecule has 5 nitrogen and oxygen atoms in total. The van der Waals surface area contributed by atoms with E-state index in [-0.39, 0.29) is 0 Å². The largest absolute Gasteiger partial charge is 0.439 e. The average molecular weight is 268 g/mol. The molecule has 0 spiro atoms. The number of rotatable bonds is 5. The summed E-state index contributed by atoms with van der Waals surface area (Å²) in [5, 5.41) is 12.0. The van der Waals surface area contributed by atoms with Crippen LogP contribution in [0.2, 0.25) is 0 Å². The van der Waals surface area contributed by atoms with Gasteiger partial charge in [-0.15, -0.1) is 0 Å². The van der Waals surface area contributed by atoms with Crippen molar-refractivity contribution in [2.45, 2.75) is 20.3 Å². The average Bonchev–Trinajstić information content (AvgIpc) is 2.45. The Labute approximate surface area is 118 Å². The summed E-state index contributed by atoms with van der Waals surface area (Å²) in [6.45, 7) is 4.77. The Balaban J connectivity index is 2.15. The molecule has 0 atom stereocenters. The van der Waals surface area contributed by atoms with Gasteiger partial charge in [-0.3, -0.25) is 0 Å². The fraction of sp³-hybridized carbons (Fsp3) is 0.267. The van der Waals surface area contributed by atoms with E-state index in [2.05, 4.69) is 28.3 Å². The lowest BCUT2D eigenvalue weighted by molar-refractivity contribution is 0.460. The molecule has 102 valence electrons. The summed E-state index contributed by atoms with van der Waals surface area (Å²) < 4.78 is 5.68. The minimum Gasteiger partial charge on any atom is -0.439 e. The first-order valence-electron chi connectivity index (χ1n) is 6.49. The molecule has 0 saturated carbocycles. The van der Waals surface area contributed by atoms with Gasteiger partial charge in [-0.05, 0) is 37.6 Å². The molecule has 0 fully saturated rings. The number of aryl methyl sites for hydroxylation is 1. The third-order valence-corrected chi connectivity index (χ3v) is 2.58. The summed E-state index contributed by atoms with van der Waals surface area (Å²) in [6.07, 6.45) is 1.02. The molecule has 0 saturated heterocycles. The van der Waals surface area contributed by atoms with Gasteiger partial charge in [-0.2, -0.15) is 10.2 Å². The highest BCUT2D eigenvalue weighted by Crippen LogP contribution is 2.21. The lowest BCUT2D eigenvalue weighted by Crippen LogP contribution is -2.04. The van der Waals surface area contributed by atoms with Gasteiger partial charge in [0, 0.05) is 12.6 Å². The summed E-state index contributed by atoms with van der Waals surface area (Å²) in [5.74, 6) is 2.53. The van der Waals surface area contributed by atoms with Crippen LogP contribution in [0.15, 0.2) is 30.3 Å². The number of hydrogen-bond donors (Lipinski definition) is 1. The highest BCUT2D eigenvalue weighted by molar-refractivity contribution is 5.41. The maximum absolute atomic E-state index is 8.75. The molecule has 5 heteroatoms. The monoisotopic (exact) mass is 268 g/mol. The Morgan fingerprint density at radius 3 is 2.65 bits per heavy atom. The normalized spacial score (nSPS) is 9.85. The Kier molecular flexibility index (Phi) is 4.51. The van der Waals surface area contributed by atoms with Crippen LogP contribution in [-0.2, 0) is 0 Å². The van der Waals surface area contributed by atoms with Crippen molar-refractivity contribution in [2.75, 3.05) is 11.9 Å². The first-order chi connectivity index (χ1) is 9.71. The minimum absolute atomic E-state index is 0.487. The zero-order valence-electron chi connectivity index (χ0n) is 11.6. The number of hydrogen-bond acceptors (Lipinski definition) is 5. The molecule has 0 aliphatic rings. The van der Waals surface area contributed by atoms with Gasteiger partial charge in [0.25, 0.3) is 0 Å². The van der Waals surface area contributed by atoms with Crippen LogP contribution in [0.3, 0.4) is 0 Å². The first kappa shape index (κ1) is 13.8. The third-order valence-electron chi connectivity index (χ3n) is 2.58. The molecular formula is C15H16N4O. The van der Waals surface area contributed by atoms with Gasteiger partial charge in [-0.1, -0.05) is 6.92 Å². The van der Waals surface area contributed by atoms with E-state index >= 15 is 0 Å². The van der Waals surface area contributed by atoms with Crippen LogP contribution in [0, 0.1) is 18.3 Å². The quantitative estimate of drug-likeness (QED) is 0.901. The van der Waals surface area contributed by atoms with E-state index in [9.17, 15) is 0 Å². The molecule has 1 N–H and O–H groups in total. The summed E-state index contributed by atoms with van der Waals surface area (Å²) in [7, 11) is 0. The van der Waals surface area contributed by atoms with Crippen LogP contribution in [-0.4, -0.2) is 16.5 Å². The summed E-state index contributed by atoms with van der Waals surface area (Å²) >= 11 is 0. The molecule has 0 unspecified atom stereocenters. The third kappa shape index (κ3) is 3.69. The summed E-state index contributed by atoms with van der Waals surface area (Å²) in [4.78, 5) is 8.54. The fourth-order valence-electron chi connectivity index (χ4n) is 1.65. The number of nitrogens with one attached hydrogen (secondary N) is 1. The highest BCUT2D eigenvalue weighted by atomic mass is 16.5. The predicted octanol–water partition coefficient (Wildman–Crippen LogP) is 3.27. The molecule has 0 bridgehead atoms. The minimum atomic E-state index is 0.487. The van der Waals surface area contributed by atoms with E-state index in [0.717, 1.165) is 18.8 Å². The van der Waals surface area contributed by atoms with Crippen molar-refractivity contribution in [2.24, 2.45) is 0 Å². The fourth-order valence-corrected chi connectivity index (χ4v) is 1.65.